The standard InChI is InChI=1S/C26H24O6/c1-26(2)12-16(27)22-20(13-26)31-24-15-7-5-6-8-17(15)32-25(28)23(24)21(22)14-9-10-18(29-3)19(11-14)30-4/h5-11,21H,12-13H2,1-4H3. The molecular weight excluding hydrogens is 408 g/mol. The molecule has 0 saturated carbocycles. The highest BCUT2D eigenvalue weighted by Crippen LogP contribution is 2.51. The lowest BCUT2D eigenvalue weighted by Gasteiger charge is -2.38. The fraction of sp³-hybridized carbons (Fsp3) is 0.308. The van der Waals surface area contributed by atoms with Crippen molar-refractivity contribution in [3.63, 3.8) is 0 Å². The van der Waals surface area contributed by atoms with Crippen LogP contribution in [-0.2, 0) is 4.79 Å². The number of para-hydroxylation sites is 1. The van der Waals surface area contributed by atoms with E-state index in [0.717, 1.165) is 5.56 Å². The maximum atomic E-state index is 13.4. The highest BCUT2D eigenvalue weighted by atomic mass is 16.5. The number of hydrogen-bond donors (Lipinski definition) is 0. The number of ketones is 1. The van der Waals surface area contributed by atoms with Crippen LogP contribution in [0, 0.1) is 5.41 Å². The Balaban J connectivity index is 1.83. The van der Waals surface area contributed by atoms with Crippen LogP contribution in [-0.4, -0.2) is 20.0 Å². The molecule has 1 aliphatic carbocycles. The summed E-state index contributed by atoms with van der Waals surface area (Å²) in [5, 5.41) is 0.704. The molecule has 0 saturated heterocycles. The van der Waals surface area contributed by atoms with Gasteiger partial charge in [0.05, 0.1) is 31.1 Å². The van der Waals surface area contributed by atoms with Crippen molar-refractivity contribution in [2.75, 3.05) is 14.2 Å². The Bertz CT molecular complexity index is 1340. The van der Waals surface area contributed by atoms with Crippen molar-refractivity contribution in [3.8, 4) is 17.2 Å². The van der Waals surface area contributed by atoms with Crippen molar-refractivity contribution in [2.45, 2.75) is 32.6 Å². The van der Waals surface area contributed by atoms with Crippen molar-refractivity contribution in [2.24, 2.45) is 5.41 Å². The van der Waals surface area contributed by atoms with Gasteiger partial charge in [0.15, 0.2) is 17.3 Å². The number of hydrogen-bond acceptors (Lipinski definition) is 6. The number of carbonyl (C=O) groups excluding carboxylic acids is 1. The summed E-state index contributed by atoms with van der Waals surface area (Å²) in [5.74, 6) is 1.54. The maximum Gasteiger partial charge on any atom is 0.344 e. The molecule has 2 aromatic carbocycles. The molecule has 164 valence electrons. The Morgan fingerprint density at radius 1 is 0.969 bits per heavy atom. The van der Waals surface area contributed by atoms with E-state index in [9.17, 15) is 9.59 Å². The molecule has 1 unspecified atom stereocenters. The molecule has 0 bridgehead atoms. The Morgan fingerprint density at radius 2 is 1.72 bits per heavy atom. The second-order valence-electron chi connectivity index (χ2n) is 9.06. The molecule has 32 heavy (non-hydrogen) atoms. The normalized spacial score (nSPS) is 19.2. The van der Waals surface area contributed by atoms with Gasteiger partial charge in [0, 0.05) is 18.4 Å². The third kappa shape index (κ3) is 3.09. The number of allylic oxidation sites excluding steroid dienone is 2. The molecule has 6 heteroatoms. The van der Waals surface area contributed by atoms with Crippen LogP contribution in [0.3, 0.4) is 0 Å². The molecule has 1 atom stereocenters. The number of Topliss-reactive ketones (excluding diaryl/α,β-unsaturated/α-hetero) is 1. The molecule has 0 radical (unpaired) electrons. The Kier molecular flexibility index (Phi) is 4.62. The van der Waals surface area contributed by atoms with Gasteiger partial charge in [0.2, 0.25) is 0 Å². The molecule has 5 rings (SSSR count). The summed E-state index contributed by atoms with van der Waals surface area (Å²) in [6.07, 6.45) is 0.985. The van der Waals surface area contributed by atoms with Crippen LogP contribution < -0.4 is 19.8 Å². The predicted octanol–water partition coefficient (Wildman–Crippen LogP) is 4.98. The number of carbonyl (C=O) groups is 1. The van der Waals surface area contributed by atoms with Crippen LogP contribution in [0.1, 0.15) is 43.7 Å². The predicted molar refractivity (Wildman–Crippen MR) is 120 cm³/mol. The van der Waals surface area contributed by atoms with Gasteiger partial charge in [0.1, 0.15) is 17.1 Å². The molecular formula is C26H24O6. The van der Waals surface area contributed by atoms with Crippen LogP contribution in [0.5, 0.6) is 17.2 Å². The van der Waals surface area contributed by atoms with E-state index >= 15 is 0 Å². The van der Waals surface area contributed by atoms with Gasteiger partial charge in [-0.1, -0.05) is 32.0 Å². The summed E-state index contributed by atoms with van der Waals surface area (Å²) in [6.45, 7) is 4.10. The minimum Gasteiger partial charge on any atom is -0.493 e. The fourth-order valence-electron chi connectivity index (χ4n) is 4.82. The van der Waals surface area contributed by atoms with Crippen molar-refractivity contribution in [1.29, 1.82) is 0 Å². The van der Waals surface area contributed by atoms with Gasteiger partial charge >= 0.3 is 5.63 Å². The van der Waals surface area contributed by atoms with Gasteiger partial charge in [-0.3, -0.25) is 4.79 Å². The number of rotatable bonds is 3. The summed E-state index contributed by atoms with van der Waals surface area (Å²) in [4.78, 5) is 26.6. The SMILES string of the molecule is COc1ccc(C2C3=C(CC(C)(C)CC3=O)Oc3c2c(=O)oc2ccccc32)cc1OC. The van der Waals surface area contributed by atoms with Gasteiger partial charge in [-0.15, -0.1) is 0 Å². The first kappa shape index (κ1) is 20.4. The van der Waals surface area contributed by atoms with Crippen LogP contribution in [0.2, 0.25) is 0 Å². The van der Waals surface area contributed by atoms with Crippen LogP contribution in [0.25, 0.3) is 11.0 Å². The molecule has 1 aliphatic heterocycles. The zero-order valence-electron chi connectivity index (χ0n) is 18.5. The lowest BCUT2D eigenvalue weighted by Crippen LogP contribution is -2.34. The topological polar surface area (TPSA) is 75.0 Å². The Labute approximate surface area is 185 Å². The molecule has 3 aromatic rings. The molecule has 6 nitrogen and oxygen atoms in total. The van der Waals surface area contributed by atoms with E-state index in [1.54, 1.807) is 26.4 Å². The van der Waals surface area contributed by atoms with Crippen LogP contribution in [0.4, 0.5) is 0 Å². The third-order valence-corrected chi connectivity index (χ3v) is 6.22. The zero-order valence-corrected chi connectivity index (χ0v) is 18.5. The number of fused-ring (bicyclic) bond motifs is 3. The molecule has 1 aromatic heterocycles. The third-order valence-electron chi connectivity index (χ3n) is 6.22. The van der Waals surface area contributed by atoms with Gasteiger partial charge in [-0.05, 0) is 35.2 Å². The molecule has 2 heterocycles. The minimum absolute atomic E-state index is 0.0192. The molecule has 0 fully saturated rings. The Hall–Kier alpha value is -3.54. The highest BCUT2D eigenvalue weighted by Gasteiger charge is 2.44. The van der Waals surface area contributed by atoms with Crippen molar-refractivity contribution < 1.29 is 23.4 Å². The van der Waals surface area contributed by atoms with E-state index in [2.05, 4.69) is 13.8 Å². The summed E-state index contributed by atoms with van der Waals surface area (Å²) in [6, 6.07) is 12.7. The molecule has 0 amide bonds. The number of ether oxygens (including phenoxy) is 3. The second kappa shape index (κ2) is 7.26. The first-order valence-corrected chi connectivity index (χ1v) is 10.5. The monoisotopic (exact) mass is 432 g/mol. The summed E-state index contributed by atoms with van der Waals surface area (Å²) in [7, 11) is 3.12. The quantitative estimate of drug-likeness (QED) is 0.544. The van der Waals surface area contributed by atoms with Gasteiger partial charge in [-0.25, -0.2) is 4.79 Å². The van der Waals surface area contributed by atoms with Gasteiger partial charge in [-0.2, -0.15) is 0 Å². The summed E-state index contributed by atoms with van der Waals surface area (Å²) < 4.78 is 22.8. The van der Waals surface area contributed by atoms with E-state index in [4.69, 9.17) is 18.6 Å². The largest absolute Gasteiger partial charge is 0.493 e. The van der Waals surface area contributed by atoms with Crippen LogP contribution in [0.15, 0.2) is 63.0 Å². The lowest BCUT2D eigenvalue weighted by molar-refractivity contribution is -0.118. The highest BCUT2D eigenvalue weighted by molar-refractivity contribution is 6.01. The molecule has 0 spiro atoms. The lowest BCUT2D eigenvalue weighted by atomic mass is 9.70. The first-order chi connectivity index (χ1) is 15.3. The molecule has 0 N–H and O–H groups in total. The molecule has 2 aliphatic rings. The van der Waals surface area contributed by atoms with Crippen molar-refractivity contribution in [3.05, 3.63) is 75.3 Å². The van der Waals surface area contributed by atoms with E-state index in [-0.39, 0.29) is 11.2 Å². The van der Waals surface area contributed by atoms with E-state index in [1.165, 1.54) is 0 Å². The first-order valence-electron chi connectivity index (χ1n) is 10.5. The van der Waals surface area contributed by atoms with E-state index in [0.29, 0.717) is 58.0 Å². The Morgan fingerprint density at radius 3 is 2.47 bits per heavy atom. The van der Waals surface area contributed by atoms with Crippen molar-refractivity contribution >= 4 is 16.8 Å². The number of methoxy groups -OCH3 is 2. The van der Waals surface area contributed by atoms with Crippen molar-refractivity contribution in [1.82, 2.24) is 0 Å². The average molecular weight is 432 g/mol. The smallest absolute Gasteiger partial charge is 0.344 e. The second-order valence-corrected chi connectivity index (χ2v) is 9.06. The van der Waals surface area contributed by atoms with E-state index < -0.39 is 11.5 Å². The zero-order chi connectivity index (χ0) is 22.6. The number of benzene rings is 2. The summed E-state index contributed by atoms with van der Waals surface area (Å²) >= 11 is 0. The maximum absolute atomic E-state index is 13.4. The van der Waals surface area contributed by atoms with Gasteiger partial charge in [0.25, 0.3) is 0 Å². The average Bonchev–Trinajstić information content (AvgIpc) is 2.76. The fourth-order valence-corrected chi connectivity index (χ4v) is 4.82. The van der Waals surface area contributed by atoms with Crippen LogP contribution >= 0.6 is 0 Å². The van der Waals surface area contributed by atoms with E-state index in [1.807, 2.05) is 30.3 Å². The summed E-state index contributed by atoms with van der Waals surface area (Å²) in [5.41, 5.74) is 1.31. The van der Waals surface area contributed by atoms with Gasteiger partial charge < -0.3 is 18.6 Å². The minimum atomic E-state index is -0.613.